The number of hydrogen-bond donors (Lipinski definition) is 1. The van der Waals surface area contributed by atoms with Gasteiger partial charge in [0.1, 0.15) is 0 Å². The number of aryl methyl sites for hydroxylation is 1. The van der Waals surface area contributed by atoms with E-state index in [-0.39, 0.29) is 0 Å². The highest BCUT2D eigenvalue weighted by Crippen LogP contribution is 2.26. The maximum atomic E-state index is 5.01. The zero-order valence-corrected chi connectivity index (χ0v) is 12.4. The molecule has 0 aliphatic rings. The Kier molecular flexibility index (Phi) is 7.28. The van der Waals surface area contributed by atoms with Crippen LogP contribution in [0.15, 0.2) is 9.85 Å². The van der Waals surface area contributed by atoms with E-state index in [2.05, 4.69) is 34.2 Å². The summed E-state index contributed by atoms with van der Waals surface area (Å²) in [6.07, 6.45) is 3.64. The third-order valence-corrected chi connectivity index (χ3v) is 4.55. The van der Waals surface area contributed by atoms with Crippen molar-refractivity contribution in [3.8, 4) is 0 Å². The molecule has 0 saturated heterocycles. The van der Waals surface area contributed by atoms with E-state index in [0.717, 1.165) is 19.7 Å². The Balaban J connectivity index is 2.03. The molecule has 0 bridgehead atoms. The molecule has 0 unspecified atom stereocenters. The van der Waals surface area contributed by atoms with Gasteiger partial charge >= 0.3 is 0 Å². The van der Waals surface area contributed by atoms with Crippen LogP contribution in [0, 0.1) is 6.92 Å². The average Bonchev–Trinajstić information content (AvgIpc) is 2.57. The fraction of sp³-hybridized carbons (Fsp3) is 0.667. The summed E-state index contributed by atoms with van der Waals surface area (Å²) >= 11 is 5.36. The minimum Gasteiger partial charge on any atom is -0.385 e. The molecule has 0 aliphatic heterocycles. The predicted molar refractivity (Wildman–Crippen MR) is 74.2 cm³/mol. The highest BCUT2D eigenvalue weighted by atomic mass is 79.9. The van der Waals surface area contributed by atoms with Gasteiger partial charge in [0.25, 0.3) is 0 Å². The molecule has 1 aromatic heterocycles. The van der Waals surface area contributed by atoms with Gasteiger partial charge in [-0.2, -0.15) is 0 Å². The normalized spacial score (nSPS) is 10.9. The topological polar surface area (TPSA) is 21.3 Å². The van der Waals surface area contributed by atoms with Crippen molar-refractivity contribution < 1.29 is 4.74 Å². The Labute approximate surface area is 111 Å². The van der Waals surface area contributed by atoms with Gasteiger partial charge in [-0.1, -0.05) is 0 Å². The van der Waals surface area contributed by atoms with Crippen molar-refractivity contribution in [3.05, 3.63) is 20.3 Å². The fourth-order valence-corrected chi connectivity index (χ4v) is 3.09. The van der Waals surface area contributed by atoms with Crippen LogP contribution < -0.4 is 5.32 Å². The molecule has 0 atom stereocenters. The van der Waals surface area contributed by atoms with Crippen molar-refractivity contribution in [2.75, 3.05) is 20.3 Å². The summed E-state index contributed by atoms with van der Waals surface area (Å²) in [5.41, 5.74) is 1.34. The molecule has 2 nitrogen and oxygen atoms in total. The first-order chi connectivity index (χ1) is 7.74. The lowest BCUT2D eigenvalue weighted by Crippen LogP contribution is -2.13. The van der Waals surface area contributed by atoms with E-state index in [1.165, 1.54) is 33.5 Å². The highest BCUT2D eigenvalue weighted by molar-refractivity contribution is 9.11. The number of rotatable bonds is 8. The molecule has 16 heavy (non-hydrogen) atoms. The zero-order valence-electron chi connectivity index (χ0n) is 10.0. The number of methoxy groups -OCH3 is 1. The van der Waals surface area contributed by atoms with Crippen molar-refractivity contribution in [3.63, 3.8) is 0 Å². The van der Waals surface area contributed by atoms with Crippen LogP contribution in [0.2, 0.25) is 0 Å². The molecule has 0 spiro atoms. The number of nitrogens with one attached hydrogen (secondary N) is 1. The number of halogens is 1. The maximum Gasteiger partial charge on any atom is 0.0730 e. The molecule has 0 radical (unpaired) electrons. The van der Waals surface area contributed by atoms with Crippen LogP contribution in [0.1, 0.15) is 29.7 Å². The molecule has 1 N–H and O–H groups in total. The lowest BCUT2D eigenvalue weighted by atomic mass is 10.2. The van der Waals surface area contributed by atoms with Crippen molar-refractivity contribution in [1.82, 2.24) is 5.32 Å². The third kappa shape index (κ3) is 5.43. The van der Waals surface area contributed by atoms with Crippen LogP contribution in [0.25, 0.3) is 0 Å². The maximum absolute atomic E-state index is 5.01. The van der Waals surface area contributed by atoms with Crippen LogP contribution in [0.4, 0.5) is 0 Å². The van der Waals surface area contributed by atoms with Crippen molar-refractivity contribution >= 4 is 27.3 Å². The molecule has 4 heteroatoms. The van der Waals surface area contributed by atoms with E-state index >= 15 is 0 Å². The van der Waals surface area contributed by atoms with Gasteiger partial charge in [-0.25, -0.2) is 0 Å². The monoisotopic (exact) mass is 305 g/mol. The van der Waals surface area contributed by atoms with Crippen LogP contribution in [0.3, 0.4) is 0 Å². The van der Waals surface area contributed by atoms with Crippen LogP contribution in [-0.4, -0.2) is 20.3 Å². The van der Waals surface area contributed by atoms with Gasteiger partial charge in [-0.15, -0.1) is 11.3 Å². The molecule has 1 aromatic rings. The SMILES string of the molecule is COCCCCCNCc1cc(C)c(Br)s1. The molecule has 0 saturated carbocycles. The average molecular weight is 306 g/mol. The Bertz CT molecular complexity index is 282. The predicted octanol–water partition coefficient (Wildman–Crippen LogP) is 3.73. The number of thiophene rings is 1. The lowest BCUT2D eigenvalue weighted by molar-refractivity contribution is 0.192. The standard InChI is InChI=1S/C12H20BrNOS/c1-10-8-11(16-12(10)13)9-14-6-4-3-5-7-15-2/h8,14H,3-7,9H2,1-2H3. The van der Waals surface area contributed by atoms with Gasteiger partial charge in [0.2, 0.25) is 0 Å². The quantitative estimate of drug-likeness (QED) is 0.739. The Hall–Kier alpha value is 0.1000. The Morgan fingerprint density at radius 3 is 2.81 bits per heavy atom. The minimum absolute atomic E-state index is 0.886. The van der Waals surface area contributed by atoms with Gasteiger partial charge in [0, 0.05) is 25.1 Å². The number of hydrogen-bond acceptors (Lipinski definition) is 3. The Morgan fingerprint density at radius 2 is 2.19 bits per heavy atom. The second kappa shape index (κ2) is 8.23. The van der Waals surface area contributed by atoms with Gasteiger partial charge in [0.05, 0.1) is 3.79 Å². The van der Waals surface area contributed by atoms with Crippen LogP contribution in [-0.2, 0) is 11.3 Å². The Morgan fingerprint density at radius 1 is 1.38 bits per heavy atom. The zero-order chi connectivity index (χ0) is 11.8. The molecule has 0 aliphatic carbocycles. The van der Waals surface area contributed by atoms with Gasteiger partial charge in [0.15, 0.2) is 0 Å². The van der Waals surface area contributed by atoms with E-state index in [1.54, 1.807) is 7.11 Å². The van der Waals surface area contributed by atoms with Crippen LogP contribution in [0.5, 0.6) is 0 Å². The summed E-state index contributed by atoms with van der Waals surface area (Å²) in [6, 6.07) is 2.24. The smallest absolute Gasteiger partial charge is 0.0730 e. The molecular weight excluding hydrogens is 286 g/mol. The number of unbranched alkanes of at least 4 members (excludes halogenated alkanes) is 2. The minimum atomic E-state index is 0.886. The van der Waals surface area contributed by atoms with Crippen molar-refractivity contribution in [2.45, 2.75) is 32.7 Å². The summed E-state index contributed by atoms with van der Waals surface area (Å²) in [5.74, 6) is 0. The molecule has 1 rings (SSSR count). The largest absolute Gasteiger partial charge is 0.385 e. The summed E-state index contributed by atoms with van der Waals surface area (Å²) in [5, 5.41) is 3.47. The second-order valence-electron chi connectivity index (χ2n) is 3.90. The first kappa shape index (κ1) is 14.2. The van der Waals surface area contributed by atoms with Crippen molar-refractivity contribution in [2.24, 2.45) is 0 Å². The van der Waals surface area contributed by atoms with Gasteiger partial charge in [-0.3, -0.25) is 0 Å². The molecule has 92 valence electrons. The number of ether oxygens (including phenoxy) is 1. The van der Waals surface area contributed by atoms with E-state index in [1.807, 2.05) is 11.3 Å². The van der Waals surface area contributed by atoms with Crippen molar-refractivity contribution in [1.29, 1.82) is 0 Å². The fourth-order valence-electron chi connectivity index (χ4n) is 1.50. The molecule has 0 aromatic carbocycles. The third-order valence-electron chi connectivity index (χ3n) is 2.41. The second-order valence-corrected chi connectivity index (χ2v) is 6.35. The van der Waals surface area contributed by atoms with Gasteiger partial charge < -0.3 is 10.1 Å². The highest BCUT2D eigenvalue weighted by Gasteiger charge is 2.01. The summed E-state index contributed by atoms with van der Waals surface area (Å²) in [6.45, 7) is 5.10. The van der Waals surface area contributed by atoms with E-state index in [4.69, 9.17) is 4.74 Å². The van der Waals surface area contributed by atoms with Gasteiger partial charge in [-0.05, 0) is 60.3 Å². The first-order valence-electron chi connectivity index (χ1n) is 5.68. The lowest BCUT2D eigenvalue weighted by Gasteiger charge is -2.02. The van der Waals surface area contributed by atoms with E-state index in [0.29, 0.717) is 0 Å². The molecule has 0 fully saturated rings. The molecular formula is C12H20BrNOS. The molecule has 1 heterocycles. The summed E-state index contributed by atoms with van der Waals surface area (Å²) < 4.78 is 6.26. The molecule has 0 amide bonds. The summed E-state index contributed by atoms with van der Waals surface area (Å²) in [4.78, 5) is 1.40. The van der Waals surface area contributed by atoms with Crippen LogP contribution >= 0.6 is 27.3 Å². The van der Waals surface area contributed by atoms with E-state index in [9.17, 15) is 0 Å². The van der Waals surface area contributed by atoms with E-state index < -0.39 is 0 Å². The first-order valence-corrected chi connectivity index (χ1v) is 7.29. The summed E-state index contributed by atoms with van der Waals surface area (Å²) in [7, 11) is 1.76.